The first-order valence-electron chi connectivity index (χ1n) is 6.74. The van der Waals surface area contributed by atoms with E-state index < -0.39 is 54.9 Å². The molecule has 0 saturated carbocycles. The Balaban J connectivity index is 2.39. The Morgan fingerprint density at radius 1 is 1.04 bits per heavy atom. The monoisotopic (exact) mass is 431 g/mol. The van der Waals surface area contributed by atoms with Crippen molar-refractivity contribution < 1.29 is 35.3 Å². The van der Waals surface area contributed by atoms with Crippen LogP contribution in [0.4, 0.5) is 26.3 Å². The number of rotatable bonds is 2. The van der Waals surface area contributed by atoms with Crippen molar-refractivity contribution in [2.24, 2.45) is 4.36 Å². The SMILES string of the molecule is C[S@](=O)(=NC(=O)c1ncc(C(F)(F)F)cc1Cl)c1ccc(C(F)(F)F)cn1. The molecule has 2 aromatic rings. The third-order valence-corrected chi connectivity index (χ3v) is 4.90. The van der Waals surface area contributed by atoms with E-state index in [0.717, 1.165) is 12.3 Å². The van der Waals surface area contributed by atoms with Gasteiger partial charge in [0.15, 0.2) is 0 Å². The summed E-state index contributed by atoms with van der Waals surface area (Å²) in [5.41, 5.74) is -2.99. The van der Waals surface area contributed by atoms with Crippen molar-refractivity contribution in [3.8, 4) is 0 Å². The van der Waals surface area contributed by atoms with Crippen molar-refractivity contribution in [2.75, 3.05) is 6.26 Å². The van der Waals surface area contributed by atoms with Gasteiger partial charge in [-0.1, -0.05) is 11.6 Å². The number of hydrogen-bond donors (Lipinski definition) is 0. The van der Waals surface area contributed by atoms with Gasteiger partial charge in [-0.3, -0.25) is 4.79 Å². The van der Waals surface area contributed by atoms with Crippen LogP contribution in [0.15, 0.2) is 40.0 Å². The van der Waals surface area contributed by atoms with E-state index in [1.807, 2.05) is 0 Å². The highest BCUT2D eigenvalue weighted by Gasteiger charge is 2.33. The number of halogens is 7. The molecule has 0 aliphatic rings. The summed E-state index contributed by atoms with van der Waals surface area (Å²) in [7, 11) is -3.60. The summed E-state index contributed by atoms with van der Waals surface area (Å²) in [5.74, 6) is -1.30. The number of alkyl halides is 6. The summed E-state index contributed by atoms with van der Waals surface area (Å²) in [6, 6.07) is 1.84. The van der Waals surface area contributed by atoms with Crippen LogP contribution >= 0.6 is 11.6 Å². The first-order chi connectivity index (χ1) is 12.2. The van der Waals surface area contributed by atoms with E-state index in [1.54, 1.807) is 0 Å². The van der Waals surface area contributed by atoms with E-state index >= 15 is 0 Å². The van der Waals surface area contributed by atoms with Crippen LogP contribution < -0.4 is 0 Å². The van der Waals surface area contributed by atoms with Crippen LogP contribution in [-0.2, 0) is 22.1 Å². The van der Waals surface area contributed by atoms with Gasteiger partial charge in [-0.05, 0) is 18.2 Å². The molecule has 5 nitrogen and oxygen atoms in total. The topological polar surface area (TPSA) is 72.3 Å². The van der Waals surface area contributed by atoms with E-state index in [0.29, 0.717) is 24.5 Å². The maximum absolute atomic E-state index is 12.6. The predicted molar refractivity (Wildman–Crippen MR) is 82.6 cm³/mol. The molecule has 0 fully saturated rings. The molecule has 0 aromatic carbocycles. The Bertz CT molecular complexity index is 995. The number of nitrogens with zero attached hydrogens (tertiary/aromatic N) is 3. The van der Waals surface area contributed by atoms with Crippen molar-refractivity contribution in [1.29, 1.82) is 0 Å². The summed E-state index contributed by atoms with van der Waals surface area (Å²) >= 11 is 5.60. The number of aromatic nitrogens is 2. The van der Waals surface area contributed by atoms with Gasteiger partial charge in [-0.2, -0.15) is 30.7 Å². The molecular formula is C14H8ClF6N3O2S. The predicted octanol–water partition coefficient (Wildman–Crippen LogP) is 4.46. The van der Waals surface area contributed by atoms with Crippen molar-refractivity contribution in [3.63, 3.8) is 0 Å². The number of amides is 1. The van der Waals surface area contributed by atoms with Crippen LogP contribution in [-0.4, -0.2) is 26.3 Å². The molecular weight excluding hydrogens is 424 g/mol. The van der Waals surface area contributed by atoms with Crippen molar-refractivity contribution in [3.05, 3.63) is 52.4 Å². The first-order valence-corrected chi connectivity index (χ1v) is 9.04. The second-order valence-electron chi connectivity index (χ2n) is 5.13. The van der Waals surface area contributed by atoms with Crippen LogP contribution in [0, 0.1) is 0 Å². The molecule has 13 heteroatoms. The normalized spacial score (nSPS) is 14.5. The minimum Gasteiger partial charge on any atom is -0.264 e. The van der Waals surface area contributed by atoms with E-state index in [-0.39, 0.29) is 0 Å². The number of pyridine rings is 2. The molecule has 0 N–H and O–H groups in total. The Morgan fingerprint density at radius 3 is 2.04 bits per heavy atom. The molecule has 27 heavy (non-hydrogen) atoms. The summed E-state index contributed by atoms with van der Waals surface area (Å²) in [6.07, 6.45) is -7.70. The van der Waals surface area contributed by atoms with Gasteiger partial charge in [-0.15, -0.1) is 0 Å². The van der Waals surface area contributed by atoms with E-state index in [9.17, 15) is 35.3 Å². The highest BCUT2D eigenvalue weighted by molar-refractivity contribution is 7.93. The van der Waals surface area contributed by atoms with Crippen LogP contribution in [0.5, 0.6) is 0 Å². The number of carbonyl (C=O) groups is 1. The summed E-state index contributed by atoms with van der Waals surface area (Å²) in [6.45, 7) is 0. The molecule has 0 saturated heterocycles. The Hall–Kier alpha value is -2.21. The van der Waals surface area contributed by atoms with Gasteiger partial charge in [0.05, 0.1) is 25.9 Å². The molecule has 146 valence electrons. The second kappa shape index (κ2) is 7.08. The molecule has 0 radical (unpaired) electrons. The van der Waals surface area contributed by atoms with E-state index in [4.69, 9.17) is 11.6 Å². The zero-order valence-corrected chi connectivity index (χ0v) is 14.7. The summed E-state index contributed by atoms with van der Waals surface area (Å²) < 4.78 is 91.1. The van der Waals surface area contributed by atoms with E-state index in [1.165, 1.54) is 0 Å². The zero-order chi connectivity index (χ0) is 20.6. The van der Waals surface area contributed by atoms with Gasteiger partial charge >= 0.3 is 18.3 Å². The minimum atomic E-state index is -4.74. The number of carbonyl (C=O) groups excluding carboxylic acids is 1. The molecule has 0 unspecified atom stereocenters. The third-order valence-electron chi connectivity index (χ3n) is 3.08. The average molecular weight is 432 g/mol. The zero-order valence-electron chi connectivity index (χ0n) is 13.1. The smallest absolute Gasteiger partial charge is 0.264 e. The largest absolute Gasteiger partial charge is 0.417 e. The van der Waals surface area contributed by atoms with Gasteiger partial charge in [0.1, 0.15) is 10.7 Å². The highest BCUT2D eigenvalue weighted by atomic mass is 35.5. The fourth-order valence-electron chi connectivity index (χ4n) is 1.77. The van der Waals surface area contributed by atoms with Gasteiger partial charge in [-0.25, -0.2) is 14.2 Å². The van der Waals surface area contributed by atoms with Gasteiger partial charge < -0.3 is 0 Å². The van der Waals surface area contributed by atoms with Gasteiger partial charge in [0, 0.05) is 18.6 Å². The van der Waals surface area contributed by atoms with E-state index in [2.05, 4.69) is 14.3 Å². The lowest BCUT2D eigenvalue weighted by molar-refractivity contribution is -0.138. The standard InChI is InChI=1S/C14H8ClF6N3O2S/c1-27(26,10-3-2-7(5-22-10)13(16,17)18)24-12(25)11-9(15)4-8(6-23-11)14(19,20)21/h2-6H,1H3/t27-/m1/s1. The van der Waals surface area contributed by atoms with Gasteiger partial charge in [0.25, 0.3) is 0 Å². The second-order valence-corrected chi connectivity index (χ2v) is 7.75. The lowest BCUT2D eigenvalue weighted by Crippen LogP contribution is -2.11. The van der Waals surface area contributed by atoms with Crippen molar-refractivity contribution >= 4 is 27.2 Å². The Kier molecular flexibility index (Phi) is 5.53. The summed E-state index contributed by atoms with van der Waals surface area (Å²) in [5, 5.41) is -1.10. The van der Waals surface area contributed by atoms with Crippen LogP contribution in [0.1, 0.15) is 21.6 Å². The molecule has 2 aromatic heterocycles. The van der Waals surface area contributed by atoms with Crippen molar-refractivity contribution in [1.82, 2.24) is 9.97 Å². The van der Waals surface area contributed by atoms with Crippen molar-refractivity contribution in [2.45, 2.75) is 17.4 Å². The third kappa shape index (κ3) is 4.95. The first kappa shape index (κ1) is 21.1. The fourth-order valence-corrected chi connectivity index (χ4v) is 3.08. The molecule has 0 bridgehead atoms. The number of hydrogen-bond acceptors (Lipinski definition) is 4. The van der Waals surface area contributed by atoms with Crippen LogP contribution in [0.2, 0.25) is 5.02 Å². The maximum Gasteiger partial charge on any atom is 0.417 e. The van der Waals surface area contributed by atoms with Crippen LogP contribution in [0.3, 0.4) is 0 Å². The molecule has 2 heterocycles. The molecule has 0 aliphatic carbocycles. The van der Waals surface area contributed by atoms with Crippen LogP contribution in [0.25, 0.3) is 0 Å². The lowest BCUT2D eigenvalue weighted by atomic mass is 10.2. The minimum absolute atomic E-state index is 0.350. The molecule has 2 rings (SSSR count). The molecule has 0 aliphatic heterocycles. The Labute approximate surface area is 153 Å². The maximum atomic E-state index is 12.6. The molecule has 0 spiro atoms. The highest BCUT2D eigenvalue weighted by Crippen LogP contribution is 2.31. The molecule has 1 amide bonds. The van der Waals surface area contributed by atoms with Gasteiger partial charge in [0.2, 0.25) is 0 Å². The average Bonchev–Trinajstić information content (AvgIpc) is 2.52. The Morgan fingerprint density at radius 2 is 1.59 bits per heavy atom. The fraction of sp³-hybridized carbons (Fsp3) is 0.214. The quantitative estimate of drug-likeness (QED) is 0.658. The summed E-state index contributed by atoms with van der Waals surface area (Å²) in [4.78, 5) is 18.7. The molecule has 1 atom stereocenters. The lowest BCUT2D eigenvalue weighted by Gasteiger charge is -2.09.